The van der Waals surface area contributed by atoms with E-state index in [1.165, 1.54) is 6.42 Å². The molecule has 3 amide bonds. The van der Waals surface area contributed by atoms with Gasteiger partial charge in [-0.1, -0.05) is 90.7 Å². The largest absolute Gasteiger partial charge is 0.444 e. The predicted octanol–water partition coefficient (Wildman–Crippen LogP) is 6.75. The molecule has 0 saturated carbocycles. The third-order valence-electron chi connectivity index (χ3n) is 6.67. The van der Waals surface area contributed by atoms with Crippen molar-refractivity contribution in [2.45, 2.75) is 124 Å². The second kappa shape index (κ2) is 18.4. The van der Waals surface area contributed by atoms with Crippen LogP contribution in [0, 0.1) is 18.3 Å². The van der Waals surface area contributed by atoms with E-state index in [1.807, 2.05) is 26.0 Å². The number of carbonyl (C=O) groups excluding carboxylic acids is 3. The Labute approximate surface area is 243 Å². The maximum atomic E-state index is 14.2. The lowest BCUT2D eigenvalue weighted by atomic mass is 9.97. The molecule has 0 aliphatic heterocycles. The van der Waals surface area contributed by atoms with Crippen molar-refractivity contribution in [3.63, 3.8) is 0 Å². The van der Waals surface area contributed by atoms with Gasteiger partial charge in [0.2, 0.25) is 11.8 Å². The fourth-order valence-corrected chi connectivity index (χ4v) is 4.47. The van der Waals surface area contributed by atoms with Gasteiger partial charge in [-0.15, -0.1) is 6.42 Å². The summed E-state index contributed by atoms with van der Waals surface area (Å²) < 4.78 is 5.46. The van der Waals surface area contributed by atoms with Crippen LogP contribution in [-0.4, -0.2) is 47.5 Å². The molecule has 2 atom stereocenters. The minimum Gasteiger partial charge on any atom is -0.444 e. The van der Waals surface area contributed by atoms with Gasteiger partial charge in [0.15, 0.2) is 0 Å². The summed E-state index contributed by atoms with van der Waals surface area (Å²) in [4.78, 5) is 42.3. The van der Waals surface area contributed by atoms with Crippen LogP contribution in [0.25, 0.3) is 0 Å². The number of rotatable bonds is 17. The first-order chi connectivity index (χ1) is 18.9. The van der Waals surface area contributed by atoms with Gasteiger partial charge in [0.05, 0.1) is 0 Å². The first kappa shape index (κ1) is 35.0. The maximum Gasteiger partial charge on any atom is 0.408 e. The summed E-state index contributed by atoms with van der Waals surface area (Å²) in [6, 6.07) is 5.52. The number of terminal acetylenes is 1. The molecule has 2 unspecified atom stereocenters. The standard InChI is InChI=1S/C33H53N3O4/c1-9-12-14-15-16-18-24-36(31(38)28(25(4)5)35-32(39)40-33(6,7)8)29(30(37)34-23-17-13-10-2)27-21-19-26(11-3)20-22-27/h3,19-22,25,28-29H,9-10,12-18,23-24H2,1-2,4-8H3,(H,34,37)(H,35,39). The highest BCUT2D eigenvalue weighted by Gasteiger charge is 2.37. The van der Waals surface area contributed by atoms with E-state index in [2.05, 4.69) is 30.4 Å². The van der Waals surface area contributed by atoms with Gasteiger partial charge >= 0.3 is 6.09 Å². The molecule has 224 valence electrons. The summed E-state index contributed by atoms with van der Waals surface area (Å²) in [5.41, 5.74) is 0.685. The van der Waals surface area contributed by atoms with E-state index in [1.54, 1.807) is 37.8 Å². The van der Waals surface area contributed by atoms with E-state index in [9.17, 15) is 14.4 Å². The lowest BCUT2D eigenvalue weighted by Gasteiger charge is -2.35. The predicted molar refractivity (Wildman–Crippen MR) is 163 cm³/mol. The Hall–Kier alpha value is -3.01. The monoisotopic (exact) mass is 555 g/mol. The third-order valence-corrected chi connectivity index (χ3v) is 6.67. The van der Waals surface area contributed by atoms with Gasteiger partial charge in [-0.2, -0.15) is 0 Å². The molecular weight excluding hydrogens is 502 g/mol. The zero-order valence-corrected chi connectivity index (χ0v) is 26.0. The summed E-state index contributed by atoms with van der Waals surface area (Å²) in [5.74, 6) is 1.86. The van der Waals surface area contributed by atoms with Crippen molar-refractivity contribution < 1.29 is 19.1 Å². The zero-order valence-electron chi connectivity index (χ0n) is 26.0. The van der Waals surface area contributed by atoms with Crippen molar-refractivity contribution in [1.29, 1.82) is 0 Å². The number of carbonyl (C=O) groups is 3. The van der Waals surface area contributed by atoms with Gasteiger partial charge in [0, 0.05) is 18.7 Å². The lowest BCUT2D eigenvalue weighted by Crippen LogP contribution is -2.55. The molecule has 7 heteroatoms. The molecule has 0 aliphatic carbocycles. The highest BCUT2D eigenvalue weighted by Crippen LogP contribution is 2.25. The molecule has 0 fully saturated rings. The van der Waals surface area contributed by atoms with Crippen LogP contribution in [0.15, 0.2) is 24.3 Å². The quantitative estimate of drug-likeness (QED) is 0.164. The van der Waals surface area contributed by atoms with Crippen LogP contribution >= 0.6 is 0 Å². The summed E-state index contributed by atoms with van der Waals surface area (Å²) in [7, 11) is 0. The van der Waals surface area contributed by atoms with Crippen molar-refractivity contribution in [2.75, 3.05) is 13.1 Å². The molecule has 0 aliphatic rings. The molecule has 1 aromatic carbocycles. The molecule has 2 N–H and O–H groups in total. The number of amides is 3. The van der Waals surface area contributed by atoms with Crippen LogP contribution in [0.3, 0.4) is 0 Å². The van der Waals surface area contributed by atoms with Gasteiger partial charge in [0.25, 0.3) is 0 Å². The fraction of sp³-hybridized carbons (Fsp3) is 0.667. The normalized spacial score (nSPS) is 12.8. The first-order valence-electron chi connectivity index (χ1n) is 15.1. The van der Waals surface area contributed by atoms with E-state index in [-0.39, 0.29) is 17.7 Å². The number of nitrogens with one attached hydrogen (secondary N) is 2. The van der Waals surface area contributed by atoms with Crippen LogP contribution in [-0.2, 0) is 14.3 Å². The summed E-state index contributed by atoms with van der Waals surface area (Å²) >= 11 is 0. The lowest BCUT2D eigenvalue weighted by molar-refractivity contribution is -0.143. The molecule has 1 rings (SSSR count). The summed E-state index contributed by atoms with van der Waals surface area (Å²) in [6.45, 7) is 14.3. The molecule has 1 aromatic rings. The van der Waals surface area contributed by atoms with E-state index in [0.717, 1.165) is 51.4 Å². The number of hydrogen-bond donors (Lipinski definition) is 2. The average Bonchev–Trinajstić information content (AvgIpc) is 2.89. The van der Waals surface area contributed by atoms with Gasteiger partial charge in [-0.05, 0) is 57.2 Å². The van der Waals surface area contributed by atoms with Crippen LogP contribution in [0.2, 0.25) is 0 Å². The highest BCUT2D eigenvalue weighted by molar-refractivity contribution is 5.92. The number of ether oxygens (including phenoxy) is 1. The van der Waals surface area contributed by atoms with Crippen LogP contribution in [0.5, 0.6) is 0 Å². The number of hydrogen-bond acceptors (Lipinski definition) is 4. The third kappa shape index (κ3) is 12.9. The van der Waals surface area contributed by atoms with Crippen LogP contribution in [0.1, 0.15) is 123 Å². The molecule has 0 heterocycles. The number of nitrogens with zero attached hydrogens (tertiary/aromatic N) is 1. The van der Waals surface area contributed by atoms with Gasteiger partial charge in [-0.3, -0.25) is 9.59 Å². The average molecular weight is 556 g/mol. The smallest absolute Gasteiger partial charge is 0.408 e. The van der Waals surface area contributed by atoms with Crippen molar-refractivity contribution in [3.05, 3.63) is 35.4 Å². The Bertz CT molecular complexity index is 944. The number of benzene rings is 1. The van der Waals surface area contributed by atoms with Crippen LogP contribution in [0.4, 0.5) is 4.79 Å². The van der Waals surface area contributed by atoms with Crippen molar-refractivity contribution >= 4 is 17.9 Å². The van der Waals surface area contributed by atoms with E-state index in [4.69, 9.17) is 11.2 Å². The van der Waals surface area contributed by atoms with Crippen LogP contribution < -0.4 is 10.6 Å². The highest BCUT2D eigenvalue weighted by atomic mass is 16.6. The minimum absolute atomic E-state index is 0.218. The van der Waals surface area contributed by atoms with E-state index in [0.29, 0.717) is 24.2 Å². The molecular formula is C33H53N3O4. The molecule has 0 radical (unpaired) electrons. The summed E-state index contributed by atoms with van der Waals surface area (Å²) in [6.07, 6.45) is 14.1. The molecule has 0 saturated heterocycles. The first-order valence-corrected chi connectivity index (χ1v) is 15.1. The van der Waals surface area contributed by atoms with Crippen molar-refractivity contribution in [1.82, 2.24) is 15.5 Å². The number of alkyl carbamates (subject to hydrolysis) is 1. The van der Waals surface area contributed by atoms with E-state index >= 15 is 0 Å². The Morgan fingerprint density at radius 1 is 0.925 bits per heavy atom. The van der Waals surface area contributed by atoms with Crippen molar-refractivity contribution in [2.24, 2.45) is 5.92 Å². The number of unbranched alkanes of at least 4 members (excludes halogenated alkanes) is 7. The Morgan fingerprint density at radius 3 is 2.05 bits per heavy atom. The molecule has 7 nitrogen and oxygen atoms in total. The SMILES string of the molecule is C#Cc1ccc(C(C(=O)NCCCCC)N(CCCCCCCC)C(=O)C(NC(=O)OC(C)(C)C)C(C)C)cc1. The molecule has 0 bridgehead atoms. The summed E-state index contributed by atoms with van der Waals surface area (Å²) in [5, 5.41) is 5.84. The second-order valence-corrected chi connectivity index (χ2v) is 11.8. The fourth-order valence-electron chi connectivity index (χ4n) is 4.47. The second-order valence-electron chi connectivity index (χ2n) is 11.8. The van der Waals surface area contributed by atoms with E-state index < -0.39 is 23.8 Å². The Morgan fingerprint density at radius 2 is 1.50 bits per heavy atom. The van der Waals surface area contributed by atoms with Gasteiger partial charge in [-0.25, -0.2) is 4.79 Å². The Balaban J connectivity index is 3.40. The van der Waals surface area contributed by atoms with Crippen molar-refractivity contribution in [3.8, 4) is 12.3 Å². The Kier molecular flexibility index (Phi) is 16.1. The van der Waals surface area contributed by atoms with Gasteiger partial charge < -0.3 is 20.3 Å². The molecule has 40 heavy (non-hydrogen) atoms. The van der Waals surface area contributed by atoms with Gasteiger partial charge in [0.1, 0.15) is 17.7 Å². The molecule has 0 spiro atoms. The zero-order chi connectivity index (χ0) is 30.1. The minimum atomic E-state index is -0.852. The maximum absolute atomic E-state index is 14.2. The molecule has 0 aromatic heterocycles. The topological polar surface area (TPSA) is 87.7 Å².